The second-order valence-electron chi connectivity index (χ2n) is 6.79. The standard InChI is InChI=1S/C18H28F3N3/c19-18(20,21)11-7-5-3-1-2-4-6-8-14-12-16(22)17(23-13-14)24-15-9-10-15/h12-13,15H,1-11,22H2,(H,23,24). The smallest absolute Gasteiger partial charge is 0.389 e. The largest absolute Gasteiger partial charge is 0.396 e. The molecule has 6 heteroatoms. The summed E-state index contributed by atoms with van der Waals surface area (Å²) < 4.78 is 36.0. The third kappa shape index (κ3) is 7.88. The molecule has 1 aromatic rings. The molecular weight excluding hydrogens is 315 g/mol. The van der Waals surface area contributed by atoms with Gasteiger partial charge >= 0.3 is 6.18 Å². The molecule has 1 fully saturated rings. The Hall–Kier alpha value is -1.46. The second-order valence-corrected chi connectivity index (χ2v) is 6.79. The molecule has 1 aromatic heterocycles. The minimum Gasteiger partial charge on any atom is -0.396 e. The van der Waals surface area contributed by atoms with Gasteiger partial charge in [-0.05, 0) is 43.7 Å². The lowest BCUT2D eigenvalue weighted by Crippen LogP contribution is -2.06. The van der Waals surface area contributed by atoms with Crippen molar-refractivity contribution in [2.75, 3.05) is 11.1 Å². The summed E-state index contributed by atoms with van der Waals surface area (Å²) in [4.78, 5) is 4.40. The number of alkyl halides is 3. The van der Waals surface area contributed by atoms with Gasteiger partial charge in [-0.15, -0.1) is 0 Å². The van der Waals surface area contributed by atoms with E-state index in [0.29, 0.717) is 18.2 Å². The van der Waals surface area contributed by atoms with Gasteiger partial charge in [-0.3, -0.25) is 0 Å². The predicted octanol–water partition coefficient (Wildman–Crippen LogP) is 5.46. The van der Waals surface area contributed by atoms with E-state index in [-0.39, 0.29) is 6.42 Å². The van der Waals surface area contributed by atoms with Crippen molar-refractivity contribution >= 4 is 11.5 Å². The van der Waals surface area contributed by atoms with Crippen LogP contribution in [0.4, 0.5) is 24.7 Å². The summed E-state index contributed by atoms with van der Waals surface area (Å²) in [6, 6.07) is 2.54. The van der Waals surface area contributed by atoms with Gasteiger partial charge in [0, 0.05) is 18.7 Å². The van der Waals surface area contributed by atoms with Crippen LogP contribution in [0.25, 0.3) is 0 Å². The number of aryl methyl sites for hydroxylation is 1. The number of halogens is 3. The average Bonchev–Trinajstić information content (AvgIpc) is 3.31. The molecule has 0 aromatic carbocycles. The molecule has 0 bridgehead atoms. The molecule has 0 saturated heterocycles. The molecule has 0 spiro atoms. The Balaban J connectivity index is 1.50. The number of hydrogen-bond donors (Lipinski definition) is 2. The van der Waals surface area contributed by atoms with E-state index in [2.05, 4.69) is 10.3 Å². The molecule has 3 N–H and O–H groups in total. The van der Waals surface area contributed by atoms with Crippen LogP contribution in [-0.4, -0.2) is 17.2 Å². The third-order valence-corrected chi connectivity index (χ3v) is 4.32. The van der Waals surface area contributed by atoms with Gasteiger partial charge in [0.25, 0.3) is 0 Å². The van der Waals surface area contributed by atoms with Gasteiger partial charge in [-0.25, -0.2) is 4.98 Å². The molecule has 0 unspecified atom stereocenters. The normalized spacial score (nSPS) is 14.8. The van der Waals surface area contributed by atoms with Crippen LogP contribution in [0.1, 0.15) is 69.8 Å². The number of nitrogens with zero attached hydrogens (tertiary/aromatic N) is 1. The fourth-order valence-corrected chi connectivity index (χ4v) is 2.74. The van der Waals surface area contributed by atoms with Crippen LogP contribution in [0.2, 0.25) is 0 Å². The number of nitrogen functional groups attached to an aromatic ring is 1. The van der Waals surface area contributed by atoms with Crippen molar-refractivity contribution in [2.45, 2.75) is 82.8 Å². The van der Waals surface area contributed by atoms with Crippen LogP contribution in [0.3, 0.4) is 0 Å². The number of hydrogen-bond acceptors (Lipinski definition) is 3. The summed E-state index contributed by atoms with van der Waals surface area (Å²) in [5.41, 5.74) is 7.89. The zero-order chi connectivity index (χ0) is 17.4. The minimum absolute atomic E-state index is 0.260. The van der Waals surface area contributed by atoms with Gasteiger partial charge in [0.15, 0.2) is 0 Å². The zero-order valence-corrected chi connectivity index (χ0v) is 14.2. The number of anilines is 2. The third-order valence-electron chi connectivity index (χ3n) is 4.32. The van der Waals surface area contributed by atoms with Gasteiger partial charge < -0.3 is 11.1 Å². The molecule has 1 saturated carbocycles. The number of aromatic nitrogens is 1. The van der Waals surface area contributed by atoms with Gasteiger partial charge in [-0.2, -0.15) is 13.2 Å². The molecule has 2 rings (SSSR count). The molecule has 0 aliphatic heterocycles. The molecule has 136 valence electrons. The molecule has 0 atom stereocenters. The number of pyridine rings is 1. The van der Waals surface area contributed by atoms with E-state index in [1.165, 1.54) is 12.8 Å². The Morgan fingerprint density at radius 3 is 2.25 bits per heavy atom. The highest BCUT2D eigenvalue weighted by molar-refractivity contribution is 5.62. The van der Waals surface area contributed by atoms with E-state index in [1.54, 1.807) is 0 Å². The van der Waals surface area contributed by atoms with Crippen molar-refractivity contribution in [3.8, 4) is 0 Å². The van der Waals surface area contributed by atoms with Gasteiger partial charge in [0.2, 0.25) is 0 Å². The highest BCUT2D eigenvalue weighted by atomic mass is 19.4. The summed E-state index contributed by atoms with van der Waals surface area (Å²) in [7, 11) is 0. The Morgan fingerprint density at radius 1 is 1.04 bits per heavy atom. The Bertz CT molecular complexity index is 499. The fourth-order valence-electron chi connectivity index (χ4n) is 2.74. The number of nitrogens with one attached hydrogen (secondary N) is 1. The van der Waals surface area contributed by atoms with Crippen LogP contribution in [0.5, 0.6) is 0 Å². The maximum absolute atomic E-state index is 12.0. The van der Waals surface area contributed by atoms with E-state index in [4.69, 9.17) is 5.73 Å². The van der Waals surface area contributed by atoms with Gasteiger partial charge in [0.05, 0.1) is 5.69 Å². The van der Waals surface area contributed by atoms with Crippen molar-refractivity contribution in [1.82, 2.24) is 4.98 Å². The first kappa shape index (κ1) is 18.9. The maximum atomic E-state index is 12.0. The molecule has 1 heterocycles. The number of unbranched alkanes of at least 4 members (excludes halogenated alkanes) is 6. The monoisotopic (exact) mass is 343 g/mol. The molecule has 3 nitrogen and oxygen atoms in total. The van der Waals surface area contributed by atoms with E-state index < -0.39 is 12.6 Å². The Morgan fingerprint density at radius 2 is 1.67 bits per heavy atom. The van der Waals surface area contributed by atoms with Crippen molar-refractivity contribution in [2.24, 2.45) is 0 Å². The van der Waals surface area contributed by atoms with Crippen LogP contribution < -0.4 is 11.1 Å². The second kappa shape index (κ2) is 9.14. The van der Waals surface area contributed by atoms with Crippen LogP contribution in [-0.2, 0) is 6.42 Å². The summed E-state index contributed by atoms with van der Waals surface area (Å²) in [5, 5.41) is 3.31. The zero-order valence-electron chi connectivity index (χ0n) is 14.2. The highest BCUT2D eigenvalue weighted by Crippen LogP contribution is 2.27. The molecule has 1 aliphatic rings. The molecule has 24 heavy (non-hydrogen) atoms. The topological polar surface area (TPSA) is 50.9 Å². The van der Waals surface area contributed by atoms with Crippen molar-refractivity contribution < 1.29 is 13.2 Å². The van der Waals surface area contributed by atoms with Crippen LogP contribution in [0, 0.1) is 0 Å². The summed E-state index contributed by atoms with van der Waals surface area (Å²) in [5.74, 6) is 0.792. The summed E-state index contributed by atoms with van der Waals surface area (Å²) in [6.45, 7) is 0. The van der Waals surface area contributed by atoms with Gasteiger partial charge in [-0.1, -0.05) is 32.1 Å². The lowest BCUT2D eigenvalue weighted by molar-refractivity contribution is -0.135. The number of rotatable bonds is 11. The quantitative estimate of drug-likeness (QED) is 0.524. The van der Waals surface area contributed by atoms with Crippen molar-refractivity contribution in [1.29, 1.82) is 0 Å². The Kier molecular flexibility index (Phi) is 7.18. The fraction of sp³-hybridized carbons (Fsp3) is 0.722. The van der Waals surface area contributed by atoms with Crippen molar-refractivity contribution in [3.05, 3.63) is 17.8 Å². The Labute approximate surface area is 142 Å². The van der Waals surface area contributed by atoms with Gasteiger partial charge in [0.1, 0.15) is 5.82 Å². The first-order valence-electron chi connectivity index (χ1n) is 9.02. The SMILES string of the molecule is Nc1cc(CCCCCCCCCC(F)(F)F)cnc1NC1CC1. The molecule has 1 aliphatic carbocycles. The van der Waals surface area contributed by atoms with Crippen LogP contribution >= 0.6 is 0 Å². The first-order chi connectivity index (χ1) is 11.4. The predicted molar refractivity (Wildman–Crippen MR) is 92.0 cm³/mol. The lowest BCUT2D eigenvalue weighted by atomic mass is 10.0. The highest BCUT2D eigenvalue weighted by Gasteiger charge is 2.25. The van der Waals surface area contributed by atoms with Crippen LogP contribution in [0.15, 0.2) is 12.3 Å². The van der Waals surface area contributed by atoms with E-state index in [0.717, 1.165) is 49.9 Å². The molecular formula is C18H28F3N3. The van der Waals surface area contributed by atoms with Crippen molar-refractivity contribution in [3.63, 3.8) is 0 Å². The number of nitrogens with two attached hydrogens (primary N) is 1. The summed E-state index contributed by atoms with van der Waals surface area (Å²) >= 11 is 0. The van der Waals surface area contributed by atoms with E-state index in [1.807, 2.05) is 12.3 Å². The maximum Gasteiger partial charge on any atom is 0.389 e. The minimum atomic E-state index is -4.00. The lowest BCUT2D eigenvalue weighted by Gasteiger charge is -2.09. The first-order valence-corrected chi connectivity index (χ1v) is 9.02. The molecule has 0 radical (unpaired) electrons. The average molecular weight is 343 g/mol. The van der Waals surface area contributed by atoms with E-state index in [9.17, 15) is 13.2 Å². The molecule has 0 amide bonds. The summed E-state index contributed by atoms with van der Waals surface area (Å²) in [6.07, 6.45) is 6.67. The van der Waals surface area contributed by atoms with E-state index >= 15 is 0 Å².